The number of anilines is 1. The molecule has 0 aromatic heterocycles. The summed E-state index contributed by atoms with van der Waals surface area (Å²) in [5.41, 5.74) is 1.95. The maximum atomic E-state index is 13.0. The van der Waals surface area contributed by atoms with Crippen LogP contribution in [0.4, 0.5) is 10.1 Å². The number of amides is 1. The standard InChI is InChI=1S/C21H25FN2O2/c1-26-20-7-3-2-5-16(20)8-13-21(25)24-14-4-6-19(15-24)23-18-11-9-17(22)10-12-18/h2-3,5,7,9-12,19,23H,4,6,8,13-15H2,1H3. The minimum Gasteiger partial charge on any atom is -0.496 e. The lowest BCUT2D eigenvalue weighted by Crippen LogP contribution is -2.45. The van der Waals surface area contributed by atoms with Crippen molar-refractivity contribution < 1.29 is 13.9 Å². The van der Waals surface area contributed by atoms with Gasteiger partial charge in [0.25, 0.3) is 0 Å². The summed E-state index contributed by atoms with van der Waals surface area (Å²) >= 11 is 0. The van der Waals surface area contributed by atoms with Crippen molar-refractivity contribution in [3.8, 4) is 5.75 Å². The molecule has 0 saturated carbocycles. The average Bonchev–Trinajstić information content (AvgIpc) is 2.68. The van der Waals surface area contributed by atoms with Crippen LogP contribution in [0.15, 0.2) is 48.5 Å². The quantitative estimate of drug-likeness (QED) is 0.854. The fourth-order valence-corrected chi connectivity index (χ4v) is 3.41. The molecule has 0 bridgehead atoms. The Morgan fingerprint density at radius 1 is 1.23 bits per heavy atom. The van der Waals surface area contributed by atoms with Crippen molar-refractivity contribution in [1.82, 2.24) is 4.90 Å². The van der Waals surface area contributed by atoms with Crippen LogP contribution < -0.4 is 10.1 Å². The Morgan fingerprint density at radius 2 is 2.00 bits per heavy atom. The van der Waals surface area contributed by atoms with E-state index in [9.17, 15) is 9.18 Å². The number of ether oxygens (including phenoxy) is 1. The van der Waals surface area contributed by atoms with Crippen LogP contribution in [-0.2, 0) is 11.2 Å². The summed E-state index contributed by atoms with van der Waals surface area (Å²) in [5, 5.41) is 3.40. The maximum Gasteiger partial charge on any atom is 0.222 e. The summed E-state index contributed by atoms with van der Waals surface area (Å²) in [4.78, 5) is 14.6. The number of hydrogen-bond acceptors (Lipinski definition) is 3. The van der Waals surface area contributed by atoms with Gasteiger partial charge in [0.15, 0.2) is 0 Å². The summed E-state index contributed by atoms with van der Waals surface area (Å²) in [6, 6.07) is 14.4. The normalized spacial score (nSPS) is 17.0. The van der Waals surface area contributed by atoms with Gasteiger partial charge in [-0.15, -0.1) is 0 Å². The number of hydrogen-bond donors (Lipinski definition) is 1. The van der Waals surface area contributed by atoms with Crippen LogP contribution in [0.25, 0.3) is 0 Å². The number of benzene rings is 2. The van der Waals surface area contributed by atoms with Crippen molar-refractivity contribution in [3.63, 3.8) is 0 Å². The monoisotopic (exact) mass is 356 g/mol. The third-order valence-electron chi connectivity index (χ3n) is 4.79. The molecule has 2 aromatic rings. The van der Waals surface area contributed by atoms with Crippen LogP contribution in [0, 0.1) is 5.82 Å². The summed E-state index contributed by atoms with van der Waals surface area (Å²) < 4.78 is 18.4. The van der Waals surface area contributed by atoms with Gasteiger partial charge in [0, 0.05) is 31.2 Å². The minimum absolute atomic E-state index is 0.168. The van der Waals surface area contributed by atoms with E-state index in [2.05, 4.69) is 5.32 Å². The van der Waals surface area contributed by atoms with Gasteiger partial charge in [-0.05, 0) is 55.2 Å². The number of piperidine rings is 1. The lowest BCUT2D eigenvalue weighted by atomic mass is 10.0. The third-order valence-corrected chi connectivity index (χ3v) is 4.79. The highest BCUT2D eigenvalue weighted by Crippen LogP contribution is 2.21. The van der Waals surface area contributed by atoms with Crippen molar-refractivity contribution in [2.24, 2.45) is 0 Å². The van der Waals surface area contributed by atoms with Crippen molar-refractivity contribution in [1.29, 1.82) is 0 Å². The van der Waals surface area contributed by atoms with Gasteiger partial charge in [-0.1, -0.05) is 18.2 Å². The second-order valence-corrected chi connectivity index (χ2v) is 6.64. The molecule has 26 heavy (non-hydrogen) atoms. The van der Waals surface area contributed by atoms with Crippen molar-refractivity contribution in [3.05, 3.63) is 59.9 Å². The first kappa shape index (κ1) is 18.2. The van der Waals surface area contributed by atoms with E-state index in [1.165, 1.54) is 12.1 Å². The molecule has 138 valence electrons. The van der Waals surface area contributed by atoms with Gasteiger partial charge in [0.1, 0.15) is 11.6 Å². The number of halogens is 1. The van der Waals surface area contributed by atoms with Gasteiger partial charge in [-0.3, -0.25) is 4.79 Å². The van der Waals surface area contributed by atoms with E-state index in [4.69, 9.17) is 4.74 Å². The number of nitrogens with zero attached hydrogens (tertiary/aromatic N) is 1. The fraction of sp³-hybridized carbons (Fsp3) is 0.381. The second-order valence-electron chi connectivity index (χ2n) is 6.64. The van der Waals surface area contributed by atoms with Gasteiger partial charge in [0.05, 0.1) is 7.11 Å². The van der Waals surface area contributed by atoms with Crippen LogP contribution in [-0.4, -0.2) is 37.0 Å². The number of carbonyl (C=O) groups excluding carboxylic acids is 1. The summed E-state index contributed by atoms with van der Waals surface area (Å²) in [6.07, 6.45) is 3.13. The summed E-state index contributed by atoms with van der Waals surface area (Å²) in [7, 11) is 1.65. The van der Waals surface area contributed by atoms with E-state index >= 15 is 0 Å². The van der Waals surface area contributed by atoms with Crippen LogP contribution in [0.2, 0.25) is 0 Å². The van der Waals surface area contributed by atoms with E-state index in [-0.39, 0.29) is 17.8 Å². The Bertz CT molecular complexity index is 733. The number of para-hydroxylation sites is 1. The molecular formula is C21H25FN2O2. The first-order valence-electron chi connectivity index (χ1n) is 9.07. The molecular weight excluding hydrogens is 331 g/mol. The molecule has 1 amide bonds. The molecule has 2 aromatic carbocycles. The largest absolute Gasteiger partial charge is 0.496 e. The SMILES string of the molecule is COc1ccccc1CCC(=O)N1CCCC(Nc2ccc(F)cc2)C1. The number of aryl methyl sites for hydroxylation is 1. The molecule has 1 heterocycles. The van der Waals surface area contributed by atoms with Gasteiger partial charge < -0.3 is 15.0 Å². The predicted octanol–water partition coefficient (Wildman–Crippen LogP) is 3.87. The number of carbonyl (C=O) groups is 1. The van der Waals surface area contributed by atoms with Crippen molar-refractivity contribution >= 4 is 11.6 Å². The lowest BCUT2D eigenvalue weighted by molar-refractivity contribution is -0.132. The molecule has 0 spiro atoms. The summed E-state index contributed by atoms with van der Waals surface area (Å²) in [6.45, 7) is 1.48. The van der Waals surface area contributed by atoms with Crippen LogP contribution in [0.1, 0.15) is 24.8 Å². The zero-order valence-corrected chi connectivity index (χ0v) is 15.1. The molecule has 1 saturated heterocycles. The molecule has 1 aliphatic rings. The van der Waals surface area contributed by atoms with Gasteiger partial charge >= 0.3 is 0 Å². The van der Waals surface area contributed by atoms with Gasteiger partial charge in [0.2, 0.25) is 5.91 Å². The molecule has 5 heteroatoms. The first-order chi connectivity index (χ1) is 12.7. The molecule has 1 unspecified atom stereocenters. The lowest BCUT2D eigenvalue weighted by Gasteiger charge is -2.34. The van der Waals surface area contributed by atoms with Crippen LogP contribution >= 0.6 is 0 Å². The third kappa shape index (κ3) is 4.75. The number of nitrogens with one attached hydrogen (secondary N) is 1. The van der Waals surface area contributed by atoms with E-state index < -0.39 is 0 Å². The summed E-state index contributed by atoms with van der Waals surface area (Å²) in [5.74, 6) is 0.753. The second kappa shape index (κ2) is 8.70. The minimum atomic E-state index is -0.243. The maximum absolute atomic E-state index is 13.0. The van der Waals surface area contributed by atoms with Gasteiger partial charge in [-0.25, -0.2) is 4.39 Å². The van der Waals surface area contributed by atoms with Crippen LogP contribution in [0.5, 0.6) is 5.75 Å². The Labute approximate surface area is 154 Å². The first-order valence-corrected chi connectivity index (χ1v) is 9.07. The Morgan fingerprint density at radius 3 is 2.77 bits per heavy atom. The van der Waals surface area contributed by atoms with E-state index in [0.717, 1.165) is 36.4 Å². The smallest absolute Gasteiger partial charge is 0.222 e. The molecule has 1 aliphatic heterocycles. The Hall–Kier alpha value is -2.56. The highest BCUT2D eigenvalue weighted by Gasteiger charge is 2.23. The topological polar surface area (TPSA) is 41.6 Å². The highest BCUT2D eigenvalue weighted by atomic mass is 19.1. The number of rotatable bonds is 6. The zero-order chi connectivity index (χ0) is 18.4. The fourth-order valence-electron chi connectivity index (χ4n) is 3.41. The zero-order valence-electron chi connectivity index (χ0n) is 15.1. The van der Waals surface area contributed by atoms with Gasteiger partial charge in [-0.2, -0.15) is 0 Å². The Balaban J connectivity index is 1.53. The molecule has 3 rings (SSSR count). The average molecular weight is 356 g/mol. The molecule has 1 fully saturated rings. The van der Waals surface area contributed by atoms with E-state index in [0.29, 0.717) is 19.4 Å². The number of methoxy groups -OCH3 is 1. The molecule has 1 atom stereocenters. The molecule has 4 nitrogen and oxygen atoms in total. The van der Waals surface area contributed by atoms with Crippen molar-refractivity contribution in [2.45, 2.75) is 31.7 Å². The number of likely N-dealkylation sites (tertiary alicyclic amines) is 1. The Kier molecular flexibility index (Phi) is 6.10. The molecule has 1 N–H and O–H groups in total. The van der Waals surface area contributed by atoms with Crippen molar-refractivity contribution in [2.75, 3.05) is 25.5 Å². The van der Waals surface area contributed by atoms with E-state index in [1.54, 1.807) is 19.2 Å². The highest BCUT2D eigenvalue weighted by molar-refractivity contribution is 5.76. The molecule has 0 aliphatic carbocycles. The van der Waals surface area contributed by atoms with Crippen LogP contribution in [0.3, 0.4) is 0 Å². The molecule has 0 radical (unpaired) electrons. The predicted molar refractivity (Wildman–Crippen MR) is 101 cm³/mol. The van der Waals surface area contributed by atoms with E-state index in [1.807, 2.05) is 29.2 Å².